The van der Waals surface area contributed by atoms with Crippen molar-refractivity contribution in [3.05, 3.63) is 18.0 Å². The Hall–Kier alpha value is -0.830. The molecule has 0 amide bonds. The number of aliphatic hydroxyl groups excluding tert-OH is 1. The molecule has 0 radical (unpaired) electrons. The zero-order valence-electron chi connectivity index (χ0n) is 9.49. The molecule has 80 valence electrons. The van der Waals surface area contributed by atoms with Gasteiger partial charge in [0.1, 0.15) is 0 Å². The summed E-state index contributed by atoms with van der Waals surface area (Å²) in [5, 5.41) is 13.6. The monoisotopic (exact) mass is 196 g/mol. The van der Waals surface area contributed by atoms with Crippen molar-refractivity contribution < 1.29 is 5.11 Å². The Morgan fingerprint density at radius 2 is 2.21 bits per heavy atom. The van der Waals surface area contributed by atoms with Crippen LogP contribution in [0.15, 0.2) is 12.4 Å². The summed E-state index contributed by atoms with van der Waals surface area (Å²) in [6.07, 6.45) is 4.45. The molecule has 0 aromatic carbocycles. The standard InChI is InChI=1S/C11H20N2O/c1-5-13-8-10(7-12-13)11(3,4)6-9(2)14/h7-9,14H,5-6H2,1-4H3. The first-order chi connectivity index (χ1) is 6.45. The van der Waals surface area contributed by atoms with Crippen LogP contribution in [0.1, 0.15) is 39.7 Å². The first kappa shape index (κ1) is 11.2. The van der Waals surface area contributed by atoms with E-state index < -0.39 is 0 Å². The summed E-state index contributed by atoms with van der Waals surface area (Å²) in [7, 11) is 0. The zero-order valence-corrected chi connectivity index (χ0v) is 9.49. The van der Waals surface area contributed by atoms with Crippen molar-refractivity contribution in [2.45, 2.75) is 52.2 Å². The van der Waals surface area contributed by atoms with Gasteiger partial charge in [-0.1, -0.05) is 13.8 Å². The lowest BCUT2D eigenvalue weighted by atomic mass is 9.82. The van der Waals surface area contributed by atoms with E-state index in [4.69, 9.17) is 0 Å². The average molecular weight is 196 g/mol. The molecule has 0 saturated heterocycles. The predicted molar refractivity (Wildman–Crippen MR) is 57.2 cm³/mol. The zero-order chi connectivity index (χ0) is 10.8. The molecule has 1 heterocycles. The van der Waals surface area contributed by atoms with Crippen LogP contribution in [-0.2, 0) is 12.0 Å². The Labute approximate surface area is 85.8 Å². The van der Waals surface area contributed by atoms with Gasteiger partial charge in [-0.3, -0.25) is 4.68 Å². The Balaban J connectivity index is 2.80. The van der Waals surface area contributed by atoms with Gasteiger partial charge in [0, 0.05) is 12.7 Å². The summed E-state index contributed by atoms with van der Waals surface area (Å²) in [5.41, 5.74) is 1.20. The highest BCUT2D eigenvalue weighted by atomic mass is 16.3. The number of nitrogens with zero attached hydrogens (tertiary/aromatic N) is 2. The second-order valence-electron chi connectivity index (χ2n) is 4.52. The molecule has 0 fully saturated rings. The predicted octanol–water partition coefficient (Wildman–Crippen LogP) is 1.95. The average Bonchev–Trinajstić information content (AvgIpc) is 2.49. The highest BCUT2D eigenvalue weighted by molar-refractivity contribution is 5.16. The molecule has 0 aliphatic carbocycles. The van der Waals surface area contributed by atoms with Crippen molar-refractivity contribution in [2.75, 3.05) is 0 Å². The van der Waals surface area contributed by atoms with Gasteiger partial charge in [-0.15, -0.1) is 0 Å². The maximum Gasteiger partial charge on any atom is 0.0527 e. The highest BCUT2D eigenvalue weighted by Crippen LogP contribution is 2.27. The fourth-order valence-electron chi connectivity index (χ4n) is 1.74. The third kappa shape index (κ3) is 2.58. The quantitative estimate of drug-likeness (QED) is 0.799. The van der Waals surface area contributed by atoms with E-state index in [1.807, 2.05) is 17.8 Å². The lowest BCUT2D eigenvalue weighted by molar-refractivity contribution is 0.157. The first-order valence-electron chi connectivity index (χ1n) is 5.16. The van der Waals surface area contributed by atoms with E-state index in [9.17, 15) is 5.11 Å². The van der Waals surface area contributed by atoms with Crippen molar-refractivity contribution in [1.82, 2.24) is 9.78 Å². The van der Waals surface area contributed by atoms with Crippen LogP contribution >= 0.6 is 0 Å². The molecule has 3 heteroatoms. The Morgan fingerprint density at radius 1 is 1.57 bits per heavy atom. The fourth-order valence-corrected chi connectivity index (χ4v) is 1.74. The third-order valence-electron chi connectivity index (χ3n) is 2.54. The van der Waals surface area contributed by atoms with Crippen LogP contribution in [0.5, 0.6) is 0 Å². The van der Waals surface area contributed by atoms with Gasteiger partial charge in [-0.25, -0.2) is 0 Å². The molecule has 1 N–H and O–H groups in total. The Morgan fingerprint density at radius 3 is 2.64 bits per heavy atom. The number of aromatic nitrogens is 2. The molecule has 14 heavy (non-hydrogen) atoms. The fraction of sp³-hybridized carbons (Fsp3) is 0.727. The second kappa shape index (κ2) is 4.13. The van der Waals surface area contributed by atoms with Crippen LogP contribution in [0.25, 0.3) is 0 Å². The summed E-state index contributed by atoms with van der Waals surface area (Å²) < 4.78 is 1.92. The largest absolute Gasteiger partial charge is 0.393 e. The van der Waals surface area contributed by atoms with Crippen LogP contribution in [0.3, 0.4) is 0 Å². The summed E-state index contributed by atoms with van der Waals surface area (Å²) in [6.45, 7) is 9.06. The van der Waals surface area contributed by atoms with Crippen LogP contribution in [0.4, 0.5) is 0 Å². The third-order valence-corrected chi connectivity index (χ3v) is 2.54. The van der Waals surface area contributed by atoms with Gasteiger partial charge in [-0.05, 0) is 31.2 Å². The Kier molecular flexibility index (Phi) is 3.32. The first-order valence-corrected chi connectivity index (χ1v) is 5.16. The number of rotatable bonds is 4. The lowest BCUT2D eigenvalue weighted by Gasteiger charge is -2.24. The van der Waals surface area contributed by atoms with Crippen LogP contribution in [-0.4, -0.2) is 21.0 Å². The van der Waals surface area contributed by atoms with E-state index in [0.717, 1.165) is 13.0 Å². The number of hydrogen-bond acceptors (Lipinski definition) is 2. The van der Waals surface area contributed by atoms with Crippen LogP contribution < -0.4 is 0 Å². The number of aryl methyl sites for hydroxylation is 1. The molecule has 0 bridgehead atoms. The van der Waals surface area contributed by atoms with Gasteiger partial charge < -0.3 is 5.11 Å². The molecule has 1 rings (SSSR count). The van der Waals surface area contributed by atoms with Crippen molar-refractivity contribution >= 4 is 0 Å². The van der Waals surface area contributed by atoms with Gasteiger partial charge in [-0.2, -0.15) is 5.10 Å². The summed E-state index contributed by atoms with van der Waals surface area (Å²) in [6, 6.07) is 0. The molecular formula is C11H20N2O. The van der Waals surface area contributed by atoms with E-state index in [1.165, 1.54) is 5.56 Å². The summed E-state index contributed by atoms with van der Waals surface area (Å²) in [5.74, 6) is 0. The van der Waals surface area contributed by atoms with Gasteiger partial charge in [0.05, 0.1) is 12.3 Å². The SMILES string of the molecule is CCn1cc(C(C)(C)CC(C)O)cn1. The minimum atomic E-state index is -0.269. The lowest BCUT2D eigenvalue weighted by Crippen LogP contribution is -2.22. The van der Waals surface area contributed by atoms with Crippen LogP contribution in [0, 0.1) is 0 Å². The van der Waals surface area contributed by atoms with Gasteiger partial charge >= 0.3 is 0 Å². The van der Waals surface area contributed by atoms with Crippen molar-refractivity contribution in [1.29, 1.82) is 0 Å². The topological polar surface area (TPSA) is 38.0 Å². The maximum absolute atomic E-state index is 9.39. The molecule has 0 spiro atoms. The van der Waals surface area contributed by atoms with Crippen molar-refractivity contribution in [3.63, 3.8) is 0 Å². The molecular weight excluding hydrogens is 176 g/mol. The van der Waals surface area contributed by atoms with Gasteiger partial charge in [0.15, 0.2) is 0 Å². The van der Waals surface area contributed by atoms with Gasteiger partial charge in [0.25, 0.3) is 0 Å². The molecule has 0 aliphatic rings. The van der Waals surface area contributed by atoms with E-state index in [1.54, 1.807) is 0 Å². The Bertz CT molecular complexity index is 289. The van der Waals surface area contributed by atoms with E-state index in [0.29, 0.717) is 0 Å². The summed E-state index contributed by atoms with van der Waals surface area (Å²) >= 11 is 0. The minimum absolute atomic E-state index is 0.00157. The van der Waals surface area contributed by atoms with Crippen molar-refractivity contribution in [3.8, 4) is 0 Å². The normalized spacial score (nSPS) is 14.4. The van der Waals surface area contributed by atoms with E-state index in [-0.39, 0.29) is 11.5 Å². The summed E-state index contributed by atoms with van der Waals surface area (Å²) in [4.78, 5) is 0. The molecule has 0 aliphatic heterocycles. The van der Waals surface area contributed by atoms with E-state index in [2.05, 4.69) is 32.1 Å². The molecule has 0 saturated carbocycles. The highest BCUT2D eigenvalue weighted by Gasteiger charge is 2.23. The molecule has 1 unspecified atom stereocenters. The van der Waals surface area contributed by atoms with Crippen LogP contribution in [0.2, 0.25) is 0 Å². The molecule has 1 atom stereocenters. The number of aliphatic hydroxyl groups is 1. The van der Waals surface area contributed by atoms with E-state index >= 15 is 0 Å². The number of hydrogen-bond donors (Lipinski definition) is 1. The molecule has 3 nitrogen and oxygen atoms in total. The second-order valence-corrected chi connectivity index (χ2v) is 4.52. The van der Waals surface area contributed by atoms with Crippen molar-refractivity contribution in [2.24, 2.45) is 0 Å². The molecule has 1 aromatic rings. The smallest absolute Gasteiger partial charge is 0.0527 e. The maximum atomic E-state index is 9.39. The van der Waals surface area contributed by atoms with Gasteiger partial charge in [0.2, 0.25) is 0 Å². The minimum Gasteiger partial charge on any atom is -0.393 e. The molecule has 1 aromatic heterocycles.